The summed E-state index contributed by atoms with van der Waals surface area (Å²) in [6, 6.07) is 5.64. The molecule has 0 bridgehead atoms. The van der Waals surface area contributed by atoms with Gasteiger partial charge in [0.15, 0.2) is 0 Å². The lowest BCUT2D eigenvalue weighted by Crippen LogP contribution is -2.30. The highest BCUT2D eigenvalue weighted by Gasteiger charge is 2.22. The molecule has 4 nitrogen and oxygen atoms in total. The van der Waals surface area contributed by atoms with Crippen molar-refractivity contribution in [1.82, 2.24) is 0 Å². The van der Waals surface area contributed by atoms with Crippen LogP contribution in [0.1, 0.15) is 38.2 Å². The molecule has 106 valence electrons. The summed E-state index contributed by atoms with van der Waals surface area (Å²) in [7, 11) is -3.65. The van der Waals surface area contributed by atoms with Crippen molar-refractivity contribution in [2.75, 3.05) is 5.32 Å². The number of hydrogen-bond acceptors (Lipinski definition) is 3. The van der Waals surface area contributed by atoms with Crippen LogP contribution < -0.4 is 10.5 Å². The van der Waals surface area contributed by atoms with Gasteiger partial charge in [0.25, 0.3) is 0 Å². The van der Waals surface area contributed by atoms with E-state index in [1.807, 2.05) is 6.07 Å². The topological polar surface area (TPSA) is 72.2 Å². The van der Waals surface area contributed by atoms with Crippen LogP contribution in [-0.4, -0.2) is 14.5 Å². The summed E-state index contributed by atoms with van der Waals surface area (Å²) in [6.45, 7) is 4.05. The number of hydrogen-bond donors (Lipinski definition) is 2. The molecule has 0 amide bonds. The van der Waals surface area contributed by atoms with Crippen LogP contribution in [0.4, 0.5) is 5.69 Å². The molecule has 0 saturated heterocycles. The zero-order chi connectivity index (χ0) is 14.0. The number of nitrogens with one attached hydrogen (secondary N) is 1. The first-order valence-electron chi connectivity index (χ1n) is 6.78. The van der Waals surface area contributed by atoms with E-state index in [-0.39, 0.29) is 4.90 Å². The van der Waals surface area contributed by atoms with Gasteiger partial charge in [-0.1, -0.05) is 25.8 Å². The zero-order valence-corrected chi connectivity index (χ0v) is 12.3. The molecule has 1 saturated carbocycles. The van der Waals surface area contributed by atoms with Crippen LogP contribution in [0.5, 0.6) is 0 Å². The minimum absolute atomic E-state index is 0.209. The summed E-state index contributed by atoms with van der Waals surface area (Å²) in [4.78, 5) is 0.209. The maximum Gasteiger partial charge on any atom is 0.238 e. The lowest BCUT2D eigenvalue weighted by molar-refractivity contribution is 0.349. The van der Waals surface area contributed by atoms with E-state index in [0.717, 1.165) is 12.1 Å². The number of sulfonamides is 1. The highest BCUT2D eigenvalue weighted by Crippen LogP contribution is 2.29. The molecular weight excluding hydrogens is 260 g/mol. The van der Waals surface area contributed by atoms with Gasteiger partial charge in [-0.25, -0.2) is 13.6 Å². The molecule has 1 aromatic carbocycles. The zero-order valence-electron chi connectivity index (χ0n) is 11.5. The van der Waals surface area contributed by atoms with Crippen LogP contribution in [0.25, 0.3) is 0 Å². The smallest absolute Gasteiger partial charge is 0.238 e. The van der Waals surface area contributed by atoms with E-state index in [2.05, 4.69) is 12.2 Å². The van der Waals surface area contributed by atoms with Gasteiger partial charge in [-0.05, 0) is 43.4 Å². The van der Waals surface area contributed by atoms with Gasteiger partial charge in [0.2, 0.25) is 10.0 Å². The molecule has 1 aliphatic carbocycles. The Morgan fingerprint density at radius 2 is 1.95 bits per heavy atom. The Labute approximate surface area is 115 Å². The molecule has 1 aromatic rings. The molecule has 3 N–H and O–H groups in total. The first-order valence-corrected chi connectivity index (χ1v) is 8.33. The molecule has 5 heteroatoms. The largest absolute Gasteiger partial charge is 0.382 e. The number of nitrogens with two attached hydrogens (primary N) is 1. The van der Waals surface area contributed by atoms with Crippen molar-refractivity contribution in [2.24, 2.45) is 11.1 Å². The Morgan fingerprint density at radius 1 is 1.26 bits per heavy atom. The maximum absolute atomic E-state index is 11.5. The average Bonchev–Trinajstić information content (AvgIpc) is 2.33. The Balaban J connectivity index is 2.26. The quantitative estimate of drug-likeness (QED) is 0.895. The number of rotatable bonds is 3. The average molecular weight is 282 g/mol. The van der Waals surface area contributed by atoms with Crippen molar-refractivity contribution < 1.29 is 8.42 Å². The van der Waals surface area contributed by atoms with Gasteiger partial charge >= 0.3 is 0 Å². The van der Waals surface area contributed by atoms with Crippen molar-refractivity contribution in [3.8, 4) is 0 Å². The fraction of sp³-hybridized carbons (Fsp3) is 0.571. The van der Waals surface area contributed by atoms with Gasteiger partial charge in [0, 0.05) is 11.7 Å². The van der Waals surface area contributed by atoms with E-state index < -0.39 is 10.0 Å². The third-order valence-electron chi connectivity index (χ3n) is 4.04. The monoisotopic (exact) mass is 282 g/mol. The van der Waals surface area contributed by atoms with Crippen LogP contribution in [0.2, 0.25) is 0 Å². The van der Waals surface area contributed by atoms with E-state index in [0.29, 0.717) is 17.5 Å². The van der Waals surface area contributed by atoms with Crippen molar-refractivity contribution in [3.63, 3.8) is 0 Å². The molecule has 0 heterocycles. The minimum Gasteiger partial charge on any atom is -0.382 e. The lowest BCUT2D eigenvalue weighted by Gasteiger charge is -2.31. The van der Waals surface area contributed by atoms with Gasteiger partial charge in [-0.2, -0.15) is 0 Å². The van der Waals surface area contributed by atoms with Gasteiger partial charge in [0.1, 0.15) is 0 Å². The lowest BCUT2D eigenvalue weighted by atomic mass is 9.85. The Morgan fingerprint density at radius 3 is 2.58 bits per heavy atom. The van der Waals surface area contributed by atoms with E-state index in [1.54, 1.807) is 19.1 Å². The number of primary sulfonamides is 1. The summed E-state index contributed by atoms with van der Waals surface area (Å²) in [5.41, 5.74) is 1.59. The van der Waals surface area contributed by atoms with Crippen LogP contribution in [0, 0.1) is 12.8 Å². The van der Waals surface area contributed by atoms with E-state index in [9.17, 15) is 8.42 Å². The van der Waals surface area contributed by atoms with Crippen LogP contribution in [-0.2, 0) is 10.0 Å². The second-order valence-electron chi connectivity index (χ2n) is 5.49. The fourth-order valence-corrected chi connectivity index (χ4v) is 3.61. The molecular formula is C14H22N2O2S. The predicted octanol–water partition coefficient (Wildman–Crippen LogP) is 2.63. The SMILES string of the molecule is Cc1c(NC2CCCCC2C)cccc1S(N)(=O)=O. The highest BCUT2D eigenvalue weighted by atomic mass is 32.2. The Hall–Kier alpha value is -1.07. The summed E-state index contributed by atoms with van der Waals surface area (Å²) < 4.78 is 23.0. The Kier molecular flexibility index (Phi) is 4.16. The summed E-state index contributed by atoms with van der Waals surface area (Å²) in [5, 5.41) is 8.72. The molecule has 0 aromatic heterocycles. The molecule has 2 atom stereocenters. The molecule has 19 heavy (non-hydrogen) atoms. The van der Waals surface area contributed by atoms with E-state index >= 15 is 0 Å². The first kappa shape index (κ1) is 14.3. The van der Waals surface area contributed by atoms with Crippen LogP contribution in [0.3, 0.4) is 0 Å². The summed E-state index contributed by atoms with van der Waals surface area (Å²) >= 11 is 0. The standard InChI is InChI=1S/C14H22N2O2S/c1-10-6-3-4-7-12(10)16-13-8-5-9-14(11(13)2)19(15,17)18/h5,8-10,12,16H,3-4,6-7H2,1-2H3,(H2,15,17,18). The summed E-state index contributed by atoms with van der Waals surface area (Å²) in [6.07, 6.45) is 4.89. The third kappa shape index (κ3) is 3.28. The van der Waals surface area contributed by atoms with E-state index in [1.165, 1.54) is 19.3 Å². The van der Waals surface area contributed by atoms with Crippen LogP contribution >= 0.6 is 0 Å². The van der Waals surface area contributed by atoms with Gasteiger partial charge in [-0.3, -0.25) is 0 Å². The van der Waals surface area contributed by atoms with Gasteiger partial charge in [0.05, 0.1) is 4.90 Å². The van der Waals surface area contributed by atoms with E-state index in [4.69, 9.17) is 5.14 Å². The number of anilines is 1. The fourth-order valence-electron chi connectivity index (χ4n) is 2.81. The Bertz CT molecular complexity index is 555. The highest BCUT2D eigenvalue weighted by molar-refractivity contribution is 7.89. The summed E-state index contributed by atoms with van der Waals surface area (Å²) in [5.74, 6) is 0.617. The van der Waals surface area contributed by atoms with Gasteiger partial charge < -0.3 is 5.32 Å². The normalized spacial score (nSPS) is 24.2. The van der Waals surface area contributed by atoms with Crippen LogP contribution in [0.15, 0.2) is 23.1 Å². The maximum atomic E-state index is 11.5. The molecule has 0 spiro atoms. The molecule has 0 radical (unpaired) electrons. The molecule has 2 unspecified atom stereocenters. The molecule has 2 rings (SSSR count). The van der Waals surface area contributed by atoms with Gasteiger partial charge in [-0.15, -0.1) is 0 Å². The minimum atomic E-state index is -3.65. The second kappa shape index (κ2) is 5.51. The molecule has 1 aliphatic rings. The van der Waals surface area contributed by atoms with Crippen molar-refractivity contribution in [1.29, 1.82) is 0 Å². The second-order valence-corrected chi connectivity index (χ2v) is 7.02. The molecule has 1 fully saturated rings. The predicted molar refractivity (Wildman–Crippen MR) is 77.6 cm³/mol. The molecule has 0 aliphatic heterocycles. The number of benzene rings is 1. The first-order chi connectivity index (χ1) is 8.89. The van der Waals surface area contributed by atoms with Crippen molar-refractivity contribution in [3.05, 3.63) is 23.8 Å². The van der Waals surface area contributed by atoms with Crippen molar-refractivity contribution in [2.45, 2.75) is 50.5 Å². The van der Waals surface area contributed by atoms with Crippen molar-refractivity contribution >= 4 is 15.7 Å². The third-order valence-corrected chi connectivity index (χ3v) is 5.10.